The van der Waals surface area contributed by atoms with Crippen molar-refractivity contribution in [2.24, 2.45) is 5.92 Å². The summed E-state index contributed by atoms with van der Waals surface area (Å²) in [5.74, 6) is -0.197. The number of aromatic nitrogens is 2. The number of allylic oxidation sites excluding steroid dienone is 3. The van der Waals surface area contributed by atoms with Crippen LogP contribution in [0.1, 0.15) is 29.2 Å². The topological polar surface area (TPSA) is 112 Å². The highest BCUT2D eigenvalue weighted by atomic mass is 17.2. The number of hydrogen-bond acceptors (Lipinski definition) is 7. The van der Waals surface area contributed by atoms with E-state index in [0.717, 1.165) is 39.6 Å². The van der Waals surface area contributed by atoms with E-state index in [2.05, 4.69) is 24.0 Å². The number of carbonyl (C=O) groups excluding carboxylic acids is 3. The van der Waals surface area contributed by atoms with Gasteiger partial charge >= 0.3 is 6.03 Å². The average Bonchev–Trinajstić information content (AvgIpc) is 3.73. The van der Waals surface area contributed by atoms with Crippen molar-refractivity contribution in [3.8, 4) is 0 Å². The molecule has 2 saturated heterocycles. The first-order valence-electron chi connectivity index (χ1n) is 17.5. The lowest BCUT2D eigenvalue weighted by molar-refractivity contribution is -0.266. The minimum absolute atomic E-state index is 0.0493. The van der Waals surface area contributed by atoms with Crippen LogP contribution in [0.25, 0.3) is 10.9 Å². The van der Waals surface area contributed by atoms with Gasteiger partial charge in [0, 0.05) is 30.9 Å². The fraction of sp³-hybridized carbons (Fsp3) is 0.300. The van der Waals surface area contributed by atoms with Gasteiger partial charge in [-0.05, 0) is 34.8 Å². The van der Waals surface area contributed by atoms with Gasteiger partial charge < -0.3 is 15.1 Å². The van der Waals surface area contributed by atoms with Gasteiger partial charge in [-0.1, -0.05) is 97.1 Å². The molecule has 1 aliphatic carbocycles. The Morgan fingerprint density at radius 1 is 1.06 bits per heavy atom. The summed E-state index contributed by atoms with van der Waals surface area (Å²) in [5, 5.41) is 12.0. The highest BCUT2D eigenvalue weighted by Crippen LogP contribution is 2.37. The Morgan fingerprint density at radius 2 is 1.85 bits per heavy atom. The number of urea groups is 1. The third kappa shape index (κ3) is 7.13. The smallest absolute Gasteiger partial charge is 0.332 e. The number of amides is 4. The Bertz CT molecular complexity index is 1980. The van der Waals surface area contributed by atoms with E-state index in [1.54, 1.807) is 20.9 Å². The van der Waals surface area contributed by atoms with Crippen molar-refractivity contribution in [2.45, 2.75) is 38.3 Å². The molecule has 0 radical (unpaired) electrons. The standard InChI is InChI=1S/C40H43N7O5/c1-3-21-45(40(50)41-22-29-13-6-4-7-14-29)46-27-37(48)47-36(46)26-43(39(49)38(47)30-15-8-5-9-16-30)24-32-19-12-20-35-34(32)23-42-44(35)25-31-17-10-11-18-33(31)28-52-51-2/h3-16,18-20,23,31,36,38H,1,17,21-22,24-28H2,2H3,(H,41,50)/t31?,36-,38+/m1/s1. The van der Waals surface area contributed by atoms with Gasteiger partial charge in [-0.3, -0.25) is 19.3 Å². The number of fused-ring (bicyclic) bond motifs is 2. The highest BCUT2D eigenvalue weighted by molar-refractivity contribution is 5.93. The second kappa shape index (κ2) is 15.8. The van der Waals surface area contributed by atoms with Crippen LogP contribution in [0.4, 0.5) is 4.79 Å². The van der Waals surface area contributed by atoms with Crippen LogP contribution in [-0.2, 0) is 39.0 Å². The molecule has 52 heavy (non-hydrogen) atoms. The van der Waals surface area contributed by atoms with Gasteiger partial charge in [0.25, 0.3) is 5.91 Å². The Hall–Kier alpha value is -5.56. The molecule has 2 aliphatic heterocycles. The summed E-state index contributed by atoms with van der Waals surface area (Å²) in [4.78, 5) is 55.6. The summed E-state index contributed by atoms with van der Waals surface area (Å²) in [6.07, 6.45) is 10.0. The maximum absolute atomic E-state index is 14.5. The van der Waals surface area contributed by atoms with Gasteiger partial charge in [0.1, 0.15) is 18.8 Å². The van der Waals surface area contributed by atoms with Crippen molar-refractivity contribution in [3.05, 3.63) is 138 Å². The molecule has 7 rings (SSSR count). The minimum atomic E-state index is -0.851. The summed E-state index contributed by atoms with van der Waals surface area (Å²) < 4.78 is 2.01. The van der Waals surface area contributed by atoms with Crippen LogP contribution in [0.15, 0.2) is 122 Å². The van der Waals surface area contributed by atoms with Crippen molar-refractivity contribution in [1.82, 2.24) is 34.9 Å². The highest BCUT2D eigenvalue weighted by Gasteiger charge is 2.52. The summed E-state index contributed by atoms with van der Waals surface area (Å²) >= 11 is 0. The number of benzene rings is 3. The molecule has 268 valence electrons. The van der Waals surface area contributed by atoms with Crippen molar-refractivity contribution in [2.75, 3.05) is 33.4 Å². The number of nitrogens with one attached hydrogen (secondary N) is 1. The Balaban J connectivity index is 1.17. The van der Waals surface area contributed by atoms with E-state index in [4.69, 9.17) is 14.9 Å². The predicted octanol–water partition coefficient (Wildman–Crippen LogP) is 4.98. The molecule has 0 bridgehead atoms. The van der Waals surface area contributed by atoms with Crippen molar-refractivity contribution >= 4 is 28.7 Å². The Labute approximate surface area is 303 Å². The van der Waals surface area contributed by atoms with Crippen molar-refractivity contribution in [3.63, 3.8) is 0 Å². The maximum Gasteiger partial charge on any atom is 0.332 e. The van der Waals surface area contributed by atoms with Gasteiger partial charge in [-0.2, -0.15) is 10.1 Å². The molecule has 1 aromatic heterocycles. The maximum atomic E-state index is 14.5. The van der Waals surface area contributed by atoms with Crippen LogP contribution < -0.4 is 5.32 Å². The van der Waals surface area contributed by atoms with E-state index >= 15 is 0 Å². The molecule has 3 atom stereocenters. The van der Waals surface area contributed by atoms with E-state index in [-0.39, 0.29) is 43.4 Å². The quantitative estimate of drug-likeness (QED) is 0.119. The number of nitrogens with zero attached hydrogens (tertiary/aromatic N) is 6. The van der Waals surface area contributed by atoms with Crippen molar-refractivity contribution in [1.29, 1.82) is 0 Å². The zero-order valence-corrected chi connectivity index (χ0v) is 29.2. The lowest BCUT2D eigenvalue weighted by atomic mass is 9.92. The van der Waals surface area contributed by atoms with E-state index in [9.17, 15) is 14.4 Å². The second-order valence-corrected chi connectivity index (χ2v) is 13.1. The third-order valence-electron chi connectivity index (χ3n) is 9.97. The summed E-state index contributed by atoms with van der Waals surface area (Å²) in [6, 6.07) is 23.9. The monoisotopic (exact) mass is 701 g/mol. The van der Waals surface area contributed by atoms with Crippen LogP contribution in [0.5, 0.6) is 0 Å². The Morgan fingerprint density at radius 3 is 2.62 bits per heavy atom. The SMILES string of the molecule is C=CCN(C(=O)NCc1ccccc1)N1CC(=O)N2[C@@H](c3ccccc3)C(=O)N(Cc3cccc4c3cnn4CC3CC=CC=C3COOC)C[C@@H]21. The molecule has 0 saturated carbocycles. The van der Waals surface area contributed by atoms with Gasteiger partial charge in [0.2, 0.25) is 5.91 Å². The molecule has 3 aromatic carbocycles. The van der Waals surface area contributed by atoms with E-state index < -0.39 is 12.2 Å². The van der Waals surface area contributed by atoms with E-state index in [1.165, 1.54) is 12.1 Å². The molecule has 4 aromatic rings. The zero-order chi connectivity index (χ0) is 36.0. The van der Waals surface area contributed by atoms with Gasteiger partial charge in [0.05, 0.1) is 38.5 Å². The molecule has 4 amide bonds. The predicted molar refractivity (Wildman–Crippen MR) is 196 cm³/mol. The number of rotatable bonds is 13. The molecule has 2 fully saturated rings. The average molecular weight is 702 g/mol. The summed E-state index contributed by atoms with van der Waals surface area (Å²) in [6.45, 7) is 5.91. The summed E-state index contributed by atoms with van der Waals surface area (Å²) in [7, 11) is 1.51. The van der Waals surface area contributed by atoms with Crippen LogP contribution >= 0.6 is 0 Å². The molecule has 12 heteroatoms. The van der Waals surface area contributed by atoms with E-state index in [1.807, 2.05) is 95.8 Å². The molecule has 3 heterocycles. The number of piperazine rings is 1. The Kier molecular flexibility index (Phi) is 10.6. The first kappa shape index (κ1) is 34.9. The first-order valence-corrected chi connectivity index (χ1v) is 17.5. The molecule has 12 nitrogen and oxygen atoms in total. The van der Waals surface area contributed by atoms with E-state index in [0.29, 0.717) is 26.2 Å². The fourth-order valence-corrected chi connectivity index (χ4v) is 7.40. The molecule has 1 unspecified atom stereocenters. The van der Waals surface area contributed by atoms with Crippen LogP contribution in [-0.4, -0.2) is 87.0 Å². The van der Waals surface area contributed by atoms with Gasteiger partial charge in [0.15, 0.2) is 0 Å². The number of hydrazine groups is 1. The van der Waals surface area contributed by atoms with Crippen molar-refractivity contribution < 1.29 is 24.2 Å². The molecule has 1 N–H and O–H groups in total. The molecular formula is C40H43N7O5. The lowest BCUT2D eigenvalue weighted by Gasteiger charge is -2.46. The normalized spacial score (nSPS) is 20.2. The largest absolute Gasteiger partial charge is 0.333 e. The van der Waals surface area contributed by atoms with Gasteiger partial charge in [-0.15, -0.1) is 6.58 Å². The zero-order valence-electron chi connectivity index (χ0n) is 29.2. The third-order valence-corrected chi connectivity index (χ3v) is 9.97. The fourth-order valence-electron chi connectivity index (χ4n) is 7.40. The lowest BCUT2D eigenvalue weighted by Crippen LogP contribution is -2.62. The number of carbonyl (C=O) groups is 3. The van der Waals surface area contributed by atoms with Gasteiger partial charge in [-0.25, -0.2) is 14.6 Å². The van der Waals surface area contributed by atoms with Crippen LogP contribution in [0.3, 0.4) is 0 Å². The molecule has 3 aliphatic rings. The second-order valence-electron chi connectivity index (χ2n) is 13.1. The summed E-state index contributed by atoms with van der Waals surface area (Å²) in [5.41, 5.74) is 4.72. The first-order chi connectivity index (χ1) is 25.5. The van der Waals surface area contributed by atoms with Crippen LogP contribution in [0.2, 0.25) is 0 Å². The number of hydrogen-bond donors (Lipinski definition) is 1. The minimum Gasteiger partial charge on any atom is -0.333 e. The molecular weight excluding hydrogens is 658 g/mol. The molecule has 0 spiro atoms. The van der Waals surface area contributed by atoms with Crippen LogP contribution in [0, 0.1) is 5.92 Å².